The zero-order chi connectivity index (χ0) is 24.4. The van der Waals surface area contributed by atoms with E-state index in [4.69, 9.17) is 24.3 Å². The van der Waals surface area contributed by atoms with Crippen molar-refractivity contribution in [3.8, 4) is 0 Å². The minimum absolute atomic E-state index is 0. The van der Waals surface area contributed by atoms with Gasteiger partial charge in [-0.2, -0.15) is 9.97 Å². The molecule has 4 rings (SSSR count). The van der Waals surface area contributed by atoms with Crippen molar-refractivity contribution in [2.45, 2.75) is 71.2 Å². The van der Waals surface area contributed by atoms with Gasteiger partial charge in [0.1, 0.15) is 13.6 Å². The smallest absolute Gasteiger partial charge is 0.227 e. The van der Waals surface area contributed by atoms with E-state index in [0.717, 1.165) is 62.4 Å². The topological polar surface area (TPSA) is 134 Å². The van der Waals surface area contributed by atoms with Crippen LogP contribution in [0.5, 0.6) is 0 Å². The molecule has 0 aromatic carbocycles. The first-order chi connectivity index (χ1) is 16.1. The van der Waals surface area contributed by atoms with Crippen LogP contribution < -0.4 is 10.6 Å². The normalized spacial score (nSPS) is 21.4. The highest BCUT2D eigenvalue weighted by molar-refractivity contribution is 5.84. The Kier molecular flexibility index (Phi) is 12.6. The molecule has 0 amide bonds. The van der Waals surface area contributed by atoms with Gasteiger partial charge in [-0.3, -0.25) is 0 Å². The molecule has 34 heavy (non-hydrogen) atoms. The lowest BCUT2D eigenvalue weighted by Crippen LogP contribution is -2.37. The summed E-state index contributed by atoms with van der Waals surface area (Å²) in [6.07, 6.45) is 5.86. The van der Waals surface area contributed by atoms with E-state index in [1.54, 1.807) is 0 Å². The first kappa shape index (κ1) is 29.4. The molecule has 11 nitrogen and oxygen atoms in total. The van der Waals surface area contributed by atoms with Gasteiger partial charge in [0.05, 0.1) is 25.1 Å². The summed E-state index contributed by atoms with van der Waals surface area (Å²) in [6.45, 7) is 11.1. The fourth-order valence-electron chi connectivity index (χ4n) is 4.19. The SMILES string of the molecule is C.C=O.C=O.CCC(C)n1cnc2c(NC3CCN(C)C3)nc(NC(CO)C3CCCO3)nc21. The predicted molar refractivity (Wildman–Crippen MR) is 134 cm³/mol. The Hall–Kier alpha value is -2.63. The number of ether oxygens (including phenoxy) is 1. The zero-order valence-corrected chi connectivity index (χ0v) is 19.9. The molecule has 3 N–H and O–H groups in total. The van der Waals surface area contributed by atoms with Crippen molar-refractivity contribution < 1.29 is 19.4 Å². The Balaban J connectivity index is 0.00000110. The van der Waals surface area contributed by atoms with Crippen molar-refractivity contribution in [1.82, 2.24) is 24.4 Å². The van der Waals surface area contributed by atoms with E-state index < -0.39 is 0 Å². The summed E-state index contributed by atoms with van der Waals surface area (Å²) < 4.78 is 7.87. The quantitative estimate of drug-likeness (QED) is 0.517. The van der Waals surface area contributed by atoms with Crippen LogP contribution in [0.3, 0.4) is 0 Å². The van der Waals surface area contributed by atoms with Crippen LogP contribution in [0, 0.1) is 0 Å². The van der Waals surface area contributed by atoms with Crippen LogP contribution >= 0.6 is 0 Å². The summed E-state index contributed by atoms with van der Waals surface area (Å²) in [7, 11) is 2.13. The number of aromatic nitrogens is 4. The molecule has 192 valence electrons. The summed E-state index contributed by atoms with van der Waals surface area (Å²) >= 11 is 0. The van der Waals surface area contributed by atoms with Gasteiger partial charge < -0.3 is 39.5 Å². The number of fused-ring (bicyclic) bond motifs is 1. The van der Waals surface area contributed by atoms with Gasteiger partial charge in [-0.05, 0) is 46.2 Å². The Morgan fingerprint density at radius 3 is 2.56 bits per heavy atom. The Labute approximate surface area is 202 Å². The molecule has 0 spiro atoms. The first-order valence-electron chi connectivity index (χ1n) is 11.4. The third-order valence-corrected chi connectivity index (χ3v) is 6.14. The van der Waals surface area contributed by atoms with Gasteiger partial charge in [-0.15, -0.1) is 0 Å². The fourth-order valence-corrected chi connectivity index (χ4v) is 4.19. The van der Waals surface area contributed by atoms with Gasteiger partial charge >= 0.3 is 0 Å². The molecule has 0 radical (unpaired) electrons. The van der Waals surface area contributed by atoms with E-state index in [-0.39, 0.29) is 26.2 Å². The summed E-state index contributed by atoms with van der Waals surface area (Å²) in [5.74, 6) is 1.26. The van der Waals surface area contributed by atoms with Gasteiger partial charge in [0.15, 0.2) is 17.0 Å². The Morgan fingerprint density at radius 2 is 2.00 bits per heavy atom. The Morgan fingerprint density at radius 1 is 1.26 bits per heavy atom. The van der Waals surface area contributed by atoms with Crippen molar-refractivity contribution in [3.05, 3.63) is 6.33 Å². The second-order valence-electron chi connectivity index (χ2n) is 8.35. The molecule has 2 aliphatic rings. The summed E-state index contributed by atoms with van der Waals surface area (Å²) in [5, 5.41) is 16.8. The average Bonchev–Trinajstić information content (AvgIpc) is 3.61. The number of hydrogen-bond acceptors (Lipinski definition) is 10. The number of likely N-dealkylation sites (tertiary alicyclic amines) is 1. The highest BCUT2D eigenvalue weighted by Crippen LogP contribution is 2.27. The molecule has 2 fully saturated rings. The zero-order valence-electron chi connectivity index (χ0n) is 19.9. The maximum Gasteiger partial charge on any atom is 0.227 e. The molecule has 0 saturated carbocycles. The van der Waals surface area contributed by atoms with Gasteiger partial charge in [0.25, 0.3) is 0 Å². The van der Waals surface area contributed by atoms with Crippen molar-refractivity contribution in [3.63, 3.8) is 0 Å². The lowest BCUT2D eigenvalue weighted by Gasteiger charge is -2.23. The molecular formula is C23H41N7O4. The van der Waals surface area contributed by atoms with Crippen LogP contribution in [0.2, 0.25) is 0 Å². The third kappa shape index (κ3) is 6.94. The number of carbonyl (C=O) groups excluding carboxylic acids is 2. The van der Waals surface area contributed by atoms with Crippen LogP contribution in [0.15, 0.2) is 6.33 Å². The molecule has 2 saturated heterocycles. The van der Waals surface area contributed by atoms with Crippen LogP contribution in [0.1, 0.15) is 53.0 Å². The number of rotatable bonds is 8. The van der Waals surface area contributed by atoms with E-state index in [1.807, 2.05) is 19.9 Å². The highest BCUT2D eigenvalue weighted by atomic mass is 16.5. The van der Waals surface area contributed by atoms with E-state index >= 15 is 0 Å². The van der Waals surface area contributed by atoms with Gasteiger partial charge in [0, 0.05) is 25.2 Å². The largest absolute Gasteiger partial charge is 0.394 e. The van der Waals surface area contributed by atoms with Crippen LogP contribution in [-0.4, -0.2) is 94.6 Å². The number of anilines is 2. The second-order valence-corrected chi connectivity index (χ2v) is 8.35. The van der Waals surface area contributed by atoms with E-state index in [0.29, 0.717) is 18.0 Å². The molecule has 0 aliphatic carbocycles. The predicted octanol–water partition coefficient (Wildman–Crippen LogP) is 2.13. The van der Waals surface area contributed by atoms with Gasteiger partial charge in [-0.25, -0.2) is 4.98 Å². The van der Waals surface area contributed by atoms with Gasteiger partial charge in [0.2, 0.25) is 5.95 Å². The molecule has 2 aliphatic heterocycles. The average molecular weight is 480 g/mol. The maximum absolute atomic E-state index is 9.89. The Bertz CT molecular complexity index is 857. The summed E-state index contributed by atoms with van der Waals surface area (Å²) in [6, 6.07) is 0.409. The van der Waals surface area contributed by atoms with Crippen LogP contribution in [0.25, 0.3) is 11.2 Å². The number of carbonyl (C=O) groups is 2. The molecule has 4 unspecified atom stereocenters. The van der Waals surface area contributed by atoms with Gasteiger partial charge in [-0.1, -0.05) is 14.4 Å². The van der Waals surface area contributed by atoms with E-state index in [9.17, 15) is 5.11 Å². The molecule has 4 atom stereocenters. The molecular weight excluding hydrogens is 438 g/mol. The van der Waals surface area contributed by atoms with Crippen molar-refractivity contribution in [1.29, 1.82) is 0 Å². The molecule has 0 bridgehead atoms. The molecule has 2 aromatic heterocycles. The number of imidazole rings is 1. The molecule has 2 aromatic rings. The number of hydrogen-bond donors (Lipinski definition) is 3. The third-order valence-electron chi connectivity index (χ3n) is 6.14. The van der Waals surface area contributed by atoms with Crippen LogP contribution in [0.4, 0.5) is 11.8 Å². The summed E-state index contributed by atoms with van der Waals surface area (Å²) in [4.78, 5) is 32.5. The highest BCUT2D eigenvalue weighted by Gasteiger charge is 2.27. The first-order valence-corrected chi connectivity index (χ1v) is 11.4. The maximum atomic E-state index is 9.89. The minimum Gasteiger partial charge on any atom is -0.394 e. The van der Waals surface area contributed by atoms with Crippen molar-refractivity contribution in [2.75, 3.05) is 44.0 Å². The van der Waals surface area contributed by atoms with Crippen molar-refractivity contribution in [2.24, 2.45) is 0 Å². The van der Waals surface area contributed by atoms with E-state index in [2.05, 4.69) is 46.0 Å². The minimum atomic E-state index is -0.222. The second kappa shape index (κ2) is 14.6. The fraction of sp³-hybridized carbons (Fsp3) is 0.696. The van der Waals surface area contributed by atoms with E-state index in [1.165, 1.54) is 0 Å². The lowest BCUT2D eigenvalue weighted by atomic mass is 10.1. The number of likely N-dealkylation sites (N-methyl/N-ethyl adjacent to an activating group) is 1. The number of aliphatic hydroxyl groups is 1. The summed E-state index contributed by atoms with van der Waals surface area (Å²) in [5.41, 5.74) is 1.61. The molecule has 4 heterocycles. The number of nitrogens with zero attached hydrogens (tertiary/aromatic N) is 5. The molecule has 11 heteroatoms. The number of nitrogens with one attached hydrogen (secondary N) is 2. The number of aliphatic hydroxyl groups excluding tert-OH is 1. The van der Waals surface area contributed by atoms with Crippen LogP contribution in [-0.2, 0) is 14.3 Å². The monoisotopic (exact) mass is 479 g/mol. The lowest BCUT2D eigenvalue weighted by molar-refractivity contribution is -0.0987. The standard InChI is InChI=1S/C20H33N7O2.2CH2O.CH4/c1-4-13(2)27-12-21-17-18(22-14-7-8-26(3)10-14)24-20(25-19(17)27)23-15(11-28)16-6-5-9-29-16;2*1-2;/h12-16,28H,4-11H2,1-3H3,(H2,22,23,24,25);2*1H2;1H4. The van der Waals surface area contributed by atoms with Crippen molar-refractivity contribution >= 4 is 36.5 Å².